The molecule has 0 unspecified atom stereocenters. The van der Waals surface area contributed by atoms with Crippen molar-refractivity contribution in [2.45, 2.75) is 38.7 Å². The van der Waals surface area contributed by atoms with E-state index in [0.29, 0.717) is 21.3 Å². The lowest BCUT2D eigenvalue weighted by molar-refractivity contribution is -0.123. The summed E-state index contributed by atoms with van der Waals surface area (Å²) >= 11 is 12.0. The zero-order valence-corrected chi connectivity index (χ0v) is 17.9. The zero-order chi connectivity index (χ0) is 21.3. The summed E-state index contributed by atoms with van der Waals surface area (Å²) in [6.07, 6.45) is 2.66. The first-order valence-corrected chi connectivity index (χ1v) is 10.6. The van der Waals surface area contributed by atoms with Gasteiger partial charge in [-0.2, -0.15) is 0 Å². The standard InChI is InChI=1S/C23H20Cl2N2O3/c1-13(22(28)27-20-11-10-14(24)12-17(20)25)30-23(29)21-15-6-2-4-8-18(15)26-19-9-5-3-7-16(19)21/h2,4,6,8,10-13H,3,5,7,9H2,1H3,(H,27,28)/t13-/m1/s1. The van der Waals surface area contributed by atoms with Crippen LogP contribution < -0.4 is 5.32 Å². The molecule has 1 amide bonds. The van der Waals surface area contributed by atoms with Crippen molar-refractivity contribution in [3.05, 3.63) is 69.3 Å². The van der Waals surface area contributed by atoms with Crippen molar-refractivity contribution in [3.8, 4) is 0 Å². The molecule has 4 rings (SSSR count). The number of ether oxygens (including phenoxy) is 1. The quantitative estimate of drug-likeness (QED) is 0.533. The number of halogens is 2. The van der Waals surface area contributed by atoms with Crippen LogP contribution in [0.15, 0.2) is 42.5 Å². The molecule has 0 bridgehead atoms. The van der Waals surface area contributed by atoms with Gasteiger partial charge in [-0.3, -0.25) is 9.78 Å². The molecule has 1 aliphatic carbocycles. The van der Waals surface area contributed by atoms with Gasteiger partial charge in [0.25, 0.3) is 5.91 Å². The molecule has 1 N–H and O–H groups in total. The molecule has 2 aromatic carbocycles. The summed E-state index contributed by atoms with van der Waals surface area (Å²) in [5, 5.41) is 4.19. The van der Waals surface area contributed by atoms with E-state index in [1.54, 1.807) is 12.1 Å². The molecule has 1 aliphatic rings. The van der Waals surface area contributed by atoms with Crippen LogP contribution in [-0.2, 0) is 22.4 Å². The van der Waals surface area contributed by atoms with Crippen LogP contribution in [0.1, 0.15) is 41.4 Å². The Morgan fingerprint density at radius 1 is 1.10 bits per heavy atom. The fourth-order valence-corrected chi connectivity index (χ4v) is 4.16. The van der Waals surface area contributed by atoms with E-state index in [4.69, 9.17) is 32.9 Å². The number of esters is 1. The van der Waals surface area contributed by atoms with E-state index in [9.17, 15) is 9.59 Å². The molecule has 5 nitrogen and oxygen atoms in total. The number of aromatic nitrogens is 1. The number of para-hydroxylation sites is 1. The average molecular weight is 443 g/mol. The van der Waals surface area contributed by atoms with Gasteiger partial charge in [-0.05, 0) is 62.4 Å². The topological polar surface area (TPSA) is 68.3 Å². The van der Waals surface area contributed by atoms with E-state index >= 15 is 0 Å². The predicted octanol–water partition coefficient (Wildman–Crippen LogP) is 5.60. The van der Waals surface area contributed by atoms with Crippen LogP contribution >= 0.6 is 23.2 Å². The van der Waals surface area contributed by atoms with Crippen LogP contribution in [0.25, 0.3) is 10.9 Å². The number of carbonyl (C=O) groups excluding carboxylic acids is 2. The Morgan fingerprint density at radius 3 is 2.67 bits per heavy atom. The Labute approximate surface area is 184 Å². The molecule has 154 valence electrons. The van der Waals surface area contributed by atoms with Crippen LogP contribution in [-0.4, -0.2) is 23.0 Å². The number of fused-ring (bicyclic) bond motifs is 2. The van der Waals surface area contributed by atoms with Crippen molar-refractivity contribution < 1.29 is 14.3 Å². The van der Waals surface area contributed by atoms with Crippen molar-refractivity contribution in [2.24, 2.45) is 0 Å². The maximum absolute atomic E-state index is 13.1. The molecule has 0 radical (unpaired) electrons. The van der Waals surface area contributed by atoms with Gasteiger partial charge in [-0.25, -0.2) is 4.79 Å². The Morgan fingerprint density at radius 2 is 1.87 bits per heavy atom. The Bertz CT molecular complexity index is 1150. The number of aryl methyl sites for hydroxylation is 1. The lowest BCUT2D eigenvalue weighted by Gasteiger charge is -2.21. The van der Waals surface area contributed by atoms with Crippen molar-refractivity contribution in [1.82, 2.24) is 4.98 Å². The van der Waals surface area contributed by atoms with E-state index in [-0.39, 0.29) is 0 Å². The minimum Gasteiger partial charge on any atom is -0.449 e. The van der Waals surface area contributed by atoms with E-state index in [1.807, 2.05) is 24.3 Å². The molecule has 1 atom stereocenters. The summed E-state index contributed by atoms with van der Waals surface area (Å²) < 4.78 is 5.56. The van der Waals surface area contributed by atoms with Gasteiger partial charge in [0.2, 0.25) is 0 Å². The molecular weight excluding hydrogens is 423 g/mol. The molecule has 7 heteroatoms. The van der Waals surface area contributed by atoms with Crippen LogP contribution in [0.3, 0.4) is 0 Å². The maximum Gasteiger partial charge on any atom is 0.339 e. The summed E-state index contributed by atoms with van der Waals surface area (Å²) in [7, 11) is 0. The smallest absolute Gasteiger partial charge is 0.339 e. The summed E-state index contributed by atoms with van der Waals surface area (Å²) in [6.45, 7) is 1.53. The normalized spacial score (nSPS) is 14.1. The van der Waals surface area contributed by atoms with Gasteiger partial charge >= 0.3 is 5.97 Å². The number of anilines is 1. The molecule has 0 saturated heterocycles. The first-order chi connectivity index (χ1) is 14.4. The largest absolute Gasteiger partial charge is 0.449 e. The van der Waals surface area contributed by atoms with Crippen molar-refractivity contribution in [2.75, 3.05) is 5.32 Å². The first-order valence-electron chi connectivity index (χ1n) is 9.81. The van der Waals surface area contributed by atoms with Crippen molar-refractivity contribution in [1.29, 1.82) is 0 Å². The molecular formula is C23H20Cl2N2O3. The van der Waals surface area contributed by atoms with Crippen LogP contribution in [0, 0.1) is 0 Å². The van der Waals surface area contributed by atoms with E-state index in [2.05, 4.69) is 5.32 Å². The summed E-state index contributed by atoms with van der Waals surface area (Å²) in [5.41, 5.74) is 3.55. The lowest BCUT2D eigenvalue weighted by Crippen LogP contribution is -2.30. The lowest BCUT2D eigenvalue weighted by atomic mass is 9.90. The second-order valence-electron chi connectivity index (χ2n) is 7.30. The van der Waals surface area contributed by atoms with Gasteiger partial charge in [-0.15, -0.1) is 0 Å². The van der Waals surface area contributed by atoms with Gasteiger partial charge in [-0.1, -0.05) is 41.4 Å². The second-order valence-corrected chi connectivity index (χ2v) is 8.14. The number of nitrogens with one attached hydrogen (secondary N) is 1. The zero-order valence-electron chi connectivity index (χ0n) is 16.4. The third-order valence-corrected chi connectivity index (χ3v) is 5.76. The van der Waals surface area contributed by atoms with E-state index in [1.165, 1.54) is 13.0 Å². The number of amides is 1. The number of hydrogen-bond acceptors (Lipinski definition) is 4. The Hall–Kier alpha value is -2.63. The molecule has 3 aromatic rings. The minimum absolute atomic E-state index is 0.309. The van der Waals surface area contributed by atoms with Gasteiger partial charge < -0.3 is 10.1 Å². The Kier molecular flexibility index (Phi) is 5.93. The van der Waals surface area contributed by atoms with Crippen LogP contribution in [0.5, 0.6) is 0 Å². The van der Waals surface area contributed by atoms with Gasteiger partial charge in [0.05, 0.1) is 21.8 Å². The number of benzene rings is 2. The highest BCUT2D eigenvalue weighted by Crippen LogP contribution is 2.30. The van der Waals surface area contributed by atoms with Gasteiger partial charge in [0, 0.05) is 16.1 Å². The summed E-state index contributed by atoms with van der Waals surface area (Å²) in [5.74, 6) is -0.989. The fraction of sp³-hybridized carbons (Fsp3) is 0.261. The number of pyridine rings is 1. The van der Waals surface area contributed by atoms with Crippen LogP contribution in [0.4, 0.5) is 5.69 Å². The highest BCUT2D eigenvalue weighted by Gasteiger charge is 2.26. The second kappa shape index (κ2) is 8.62. The molecule has 0 fully saturated rings. The number of hydrogen-bond donors (Lipinski definition) is 1. The molecule has 0 aliphatic heterocycles. The van der Waals surface area contributed by atoms with Crippen molar-refractivity contribution in [3.63, 3.8) is 0 Å². The highest BCUT2D eigenvalue weighted by atomic mass is 35.5. The highest BCUT2D eigenvalue weighted by molar-refractivity contribution is 6.36. The first kappa shape index (κ1) is 20.6. The number of nitrogens with zero attached hydrogens (tertiary/aromatic N) is 1. The van der Waals surface area contributed by atoms with E-state index < -0.39 is 18.0 Å². The third-order valence-electron chi connectivity index (χ3n) is 5.22. The molecule has 30 heavy (non-hydrogen) atoms. The van der Waals surface area contributed by atoms with Crippen LogP contribution in [0.2, 0.25) is 10.0 Å². The van der Waals surface area contributed by atoms with Gasteiger partial charge in [0.15, 0.2) is 6.10 Å². The minimum atomic E-state index is -1.00. The Balaban J connectivity index is 1.59. The summed E-state index contributed by atoms with van der Waals surface area (Å²) in [6, 6.07) is 12.3. The van der Waals surface area contributed by atoms with Gasteiger partial charge in [0.1, 0.15) is 0 Å². The van der Waals surface area contributed by atoms with E-state index in [0.717, 1.165) is 47.8 Å². The van der Waals surface area contributed by atoms with Crippen molar-refractivity contribution >= 4 is 51.7 Å². The third kappa shape index (κ3) is 4.13. The molecule has 1 heterocycles. The number of rotatable bonds is 4. The SMILES string of the molecule is C[C@@H](OC(=O)c1c2c(nc3ccccc13)CCCC2)C(=O)Nc1ccc(Cl)cc1Cl. The summed E-state index contributed by atoms with van der Waals surface area (Å²) in [4.78, 5) is 30.4. The maximum atomic E-state index is 13.1. The average Bonchev–Trinajstić information content (AvgIpc) is 2.73. The molecule has 0 spiro atoms. The monoisotopic (exact) mass is 442 g/mol. The molecule has 1 aromatic heterocycles. The predicted molar refractivity (Wildman–Crippen MR) is 118 cm³/mol. The number of carbonyl (C=O) groups is 2. The fourth-order valence-electron chi connectivity index (χ4n) is 3.70. The molecule has 0 saturated carbocycles.